The lowest BCUT2D eigenvalue weighted by Crippen LogP contribution is -2.35. The summed E-state index contributed by atoms with van der Waals surface area (Å²) in [6, 6.07) is 7.89. The Morgan fingerprint density at radius 2 is 2.06 bits per heavy atom. The molecule has 2 rings (SSSR count). The van der Waals surface area contributed by atoms with Crippen LogP contribution >= 0.6 is 0 Å². The van der Waals surface area contributed by atoms with Crippen molar-refractivity contribution in [3.05, 3.63) is 34.9 Å². The molecule has 0 heterocycles. The van der Waals surface area contributed by atoms with Gasteiger partial charge < -0.3 is 5.73 Å². The smallest absolute Gasteiger partial charge is 0.0475 e. The Balaban J connectivity index is 2.26. The summed E-state index contributed by atoms with van der Waals surface area (Å²) in [4.78, 5) is 2.57. The molecule has 1 aromatic rings. The van der Waals surface area contributed by atoms with Crippen LogP contribution in [0.4, 0.5) is 0 Å². The fraction of sp³-hybridized carbons (Fsp3) is 0.600. The number of nitrogens with zero attached hydrogens (tertiary/aromatic N) is 1. The van der Waals surface area contributed by atoms with Gasteiger partial charge in [-0.05, 0) is 44.4 Å². The van der Waals surface area contributed by atoms with Gasteiger partial charge in [-0.15, -0.1) is 0 Å². The first-order valence-corrected chi connectivity index (χ1v) is 6.70. The molecule has 17 heavy (non-hydrogen) atoms. The quantitative estimate of drug-likeness (QED) is 0.846. The molecule has 1 unspecified atom stereocenters. The Morgan fingerprint density at radius 3 is 2.53 bits per heavy atom. The molecule has 1 aliphatic carbocycles. The van der Waals surface area contributed by atoms with Crippen molar-refractivity contribution in [3.63, 3.8) is 0 Å². The molecule has 0 aliphatic heterocycles. The molecule has 2 nitrogen and oxygen atoms in total. The lowest BCUT2D eigenvalue weighted by molar-refractivity contribution is 0.201. The van der Waals surface area contributed by atoms with Gasteiger partial charge in [0, 0.05) is 18.6 Å². The van der Waals surface area contributed by atoms with Gasteiger partial charge in [0.05, 0.1) is 0 Å². The number of hydrogen-bond acceptors (Lipinski definition) is 2. The summed E-state index contributed by atoms with van der Waals surface area (Å²) < 4.78 is 0. The third kappa shape index (κ3) is 2.70. The zero-order valence-corrected chi connectivity index (χ0v) is 11.2. The maximum atomic E-state index is 6.01. The van der Waals surface area contributed by atoms with Crippen molar-refractivity contribution in [2.24, 2.45) is 5.73 Å². The lowest BCUT2D eigenvalue weighted by atomic mass is 9.98. The Kier molecular flexibility index (Phi) is 3.85. The van der Waals surface area contributed by atoms with E-state index < -0.39 is 0 Å². The van der Waals surface area contributed by atoms with Crippen LogP contribution in [-0.2, 0) is 0 Å². The van der Waals surface area contributed by atoms with Crippen LogP contribution in [0.25, 0.3) is 0 Å². The van der Waals surface area contributed by atoms with Gasteiger partial charge in [0.2, 0.25) is 0 Å². The van der Waals surface area contributed by atoms with Crippen molar-refractivity contribution in [2.45, 2.75) is 45.7 Å². The summed E-state index contributed by atoms with van der Waals surface area (Å²) >= 11 is 0. The molecule has 0 spiro atoms. The van der Waals surface area contributed by atoms with Crippen LogP contribution in [0, 0.1) is 13.8 Å². The minimum atomic E-state index is 0.396. The number of rotatable bonds is 5. The fourth-order valence-electron chi connectivity index (χ4n) is 2.78. The van der Waals surface area contributed by atoms with Gasteiger partial charge in [0.1, 0.15) is 0 Å². The SMILES string of the molecule is CCN(C1CC1)C(CN)c1ccc(C)cc1C. The second-order valence-corrected chi connectivity index (χ2v) is 5.17. The molecule has 1 aliphatic rings. The van der Waals surface area contributed by atoms with E-state index in [4.69, 9.17) is 5.73 Å². The van der Waals surface area contributed by atoms with Crippen LogP contribution in [0.2, 0.25) is 0 Å². The third-order valence-corrected chi connectivity index (χ3v) is 3.79. The standard InChI is InChI=1S/C15H24N2/c1-4-17(13-6-7-13)15(10-16)14-8-5-11(2)9-12(14)3/h5,8-9,13,15H,4,6-7,10,16H2,1-3H3. The molecule has 0 saturated heterocycles. The third-order valence-electron chi connectivity index (χ3n) is 3.79. The molecule has 0 bridgehead atoms. The molecule has 1 atom stereocenters. The van der Waals surface area contributed by atoms with Crippen LogP contribution in [-0.4, -0.2) is 24.0 Å². The molecule has 1 saturated carbocycles. The Hall–Kier alpha value is -0.860. The van der Waals surface area contributed by atoms with E-state index in [1.165, 1.54) is 29.5 Å². The average molecular weight is 232 g/mol. The van der Waals surface area contributed by atoms with Crippen LogP contribution < -0.4 is 5.73 Å². The van der Waals surface area contributed by atoms with E-state index in [1.807, 2.05) is 0 Å². The van der Waals surface area contributed by atoms with Crippen LogP contribution in [0.15, 0.2) is 18.2 Å². The zero-order chi connectivity index (χ0) is 12.4. The summed E-state index contributed by atoms with van der Waals surface area (Å²) in [5, 5.41) is 0. The molecule has 0 radical (unpaired) electrons. The highest BCUT2D eigenvalue weighted by Gasteiger charge is 2.33. The largest absolute Gasteiger partial charge is 0.329 e. The van der Waals surface area contributed by atoms with Gasteiger partial charge in [0.25, 0.3) is 0 Å². The Bertz CT molecular complexity index is 383. The molecule has 2 heteroatoms. The molecule has 1 aromatic carbocycles. The molecule has 94 valence electrons. The van der Waals surface area contributed by atoms with Gasteiger partial charge >= 0.3 is 0 Å². The topological polar surface area (TPSA) is 29.3 Å². The molecular formula is C15H24N2. The summed E-state index contributed by atoms with van der Waals surface area (Å²) in [5.74, 6) is 0. The number of aryl methyl sites for hydroxylation is 2. The van der Waals surface area contributed by atoms with Crippen LogP contribution in [0.5, 0.6) is 0 Å². The van der Waals surface area contributed by atoms with Crippen molar-refractivity contribution in [2.75, 3.05) is 13.1 Å². The van der Waals surface area contributed by atoms with Gasteiger partial charge in [0.15, 0.2) is 0 Å². The highest BCUT2D eigenvalue weighted by atomic mass is 15.2. The number of nitrogens with two attached hydrogens (primary N) is 1. The van der Waals surface area contributed by atoms with Crippen molar-refractivity contribution >= 4 is 0 Å². The number of hydrogen-bond donors (Lipinski definition) is 1. The first-order valence-electron chi connectivity index (χ1n) is 6.70. The highest BCUT2D eigenvalue weighted by molar-refractivity contribution is 5.33. The molecule has 0 amide bonds. The summed E-state index contributed by atoms with van der Waals surface area (Å²) in [6.07, 6.45) is 2.69. The lowest BCUT2D eigenvalue weighted by Gasteiger charge is -2.31. The number of benzene rings is 1. The molecule has 2 N–H and O–H groups in total. The molecule has 1 fully saturated rings. The van der Waals surface area contributed by atoms with E-state index in [1.54, 1.807) is 0 Å². The minimum absolute atomic E-state index is 0.396. The van der Waals surface area contributed by atoms with Crippen LogP contribution in [0.1, 0.15) is 42.5 Å². The predicted octanol–water partition coefficient (Wildman–Crippen LogP) is 2.79. The monoisotopic (exact) mass is 232 g/mol. The van der Waals surface area contributed by atoms with Crippen molar-refractivity contribution < 1.29 is 0 Å². The number of likely N-dealkylation sites (N-methyl/N-ethyl adjacent to an activating group) is 1. The van der Waals surface area contributed by atoms with Gasteiger partial charge in [-0.25, -0.2) is 0 Å². The van der Waals surface area contributed by atoms with Gasteiger partial charge in [-0.3, -0.25) is 4.90 Å². The van der Waals surface area contributed by atoms with E-state index in [9.17, 15) is 0 Å². The average Bonchev–Trinajstić information content (AvgIpc) is 3.11. The van der Waals surface area contributed by atoms with E-state index in [0.29, 0.717) is 12.6 Å². The van der Waals surface area contributed by atoms with Crippen molar-refractivity contribution in [1.82, 2.24) is 4.90 Å². The normalized spacial score (nSPS) is 17.5. The van der Waals surface area contributed by atoms with E-state index in [2.05, 4.69) is 43.9 Å². The molecular weight excluding hydrogens is 208 g/mol. The first kappa shape index (κ1) is 12.6. The summed E-state index contributed by atoms with van der Waals surface area (Å²) in [6.45, 7) is 8.40. The summed E-state index contributed by atoms with van der Waals surface area (Å²) in [5.41, 5.74) is 10.1. The second-order valence-electron chi connectivity index (χ2n) is 5.17. The summed E-state index contributed by atoms with van der Waals surface area (Å²) in [7, 11) is 0. The predicted molar refractivity (Wildman–Crippen MR) is 73.1 cm³/mol. The van der Waals surface area contributed by atoms with Gasteiger partial charge in [-0.2, -0.15) is 0 Å². The second kappa shape index (κ2) is 5.19. The van der Waals surface area contributed by atoms with E-state index >= 15 is 0 Å². The first-order chi connectivity index (χ1) is 8.17. The maximum absolute atomic E-state index is 6.01. The van der Waals surface area contributed by atoms with E-state index in [0.717, 1.165) is 12.6 Å². The Morgan fingerprint density at radius 1 is 1.35 bits per heavy atom. The zero-order valence-electron chi connectivity index (χ0n) is 11.2. The Labute approximate surface area is 105 Å². The maximum Gasteiger partial charge on any atom is 0.0475 e. The van der Waals surface area contributed by atoms with Crippen LogP contribution in [0.3, 0.4) is 0 Å². The van der Waals surface area contributed by atoms with Crippen molar-refractivity contribution in [1.29, 1.82) is 0 Å². The fourth-order valence-corrected chi connectivity index (χ4v) is 2.78. The van der Waals surface area contributed by atoms with Crippen molar-refractivity contribution in [3.8, 4) is 0 Å². The highest BCUT2D eigenvalue weighted by Crippen LogP contribution is 2.34. The molecule has 0 aromatic heterocycles. The van der Waals surface area contributed by atoms with E-state index in [-0.39, 0.29) is 0 Å². The van der Waals surface area contributed by atoms with Gasteiger partial charge in [-0.1, -0.05) is 30.7 Å². The minimum Gasteiger partial charge on any atom is -0.329 e.